The van der Waals surface area contributed by atoms with E-state index in [0.717, 1.165) is 6.42 Å². The van der Waals surface area contributed by atoms with Crippen molar-refractivity contribution in [1.82, 2.24) is 10.5 Å². The first-order valence-corrected chi connectivity index (χ1v) is 7.70. The Labute approximate surface area is 137 Å². The zero-order chi connectivity index (χ0) is 15.7. The average molecular weight is 341 g/mol. The van der Waals surface area contributed by atoms with Crippen LogP contribution in [0.5, 0.6) is 0 Å². The Morgan fingerprint density at radius 3 is 2.64 bits per heavy atom. The summed E-state index contributed by atoms with van der Waals surface area (Å²) in [6.07, 6.45) is 1.62. The van der Waals surface area contributed by atoms with Gasteiger partial charge in [0, 0.05) is 16.6 Å². The molecule has 5 nitrogen and oxygen atoms in total. The maximum Gasteiger partial charge on any atom is 0.275 e. The lowest BCUT2D eigenvalue weighted by molar-refractivity contribution is 0.0925. The van der Waals surface area contributed by atoms with Crippen LogP contribution >= 0.6 is 23.2 Å². The molecule has 0 spiro atoms. The third-order valence-corrected chi connectivity index (χ3v) is 4.30. The number of carbonyl (C=O) groups excluding carboxylic acids is 1. The van der Waals surface area contributed by atoms with Crippen LogP contribution in [0.2, 0.25) is 10.0 Å². The molecule has 2 aromatic rings. The van der Waals surface area contributed by atoms with Gasteiger partial charge in [-0.1, -0.05) is 28.4 Å². The van der Waals surface area contributed by atoms with Crippen molar-refractivity contribution in [2.45, 2.75) is 31.4 Å². The van der Waals surface area contributed by atoms with Gasteiger partial charge < -0.3 is 14.9 Å². The van der Waals surface area contributed by atoms with Crippen LogP contribution < -0.4 is 5.32 Å². The van der Waals surface area contributed by atoms with Crippen LogP contribution in [0.15, 0.2) is 28.8 Å². The van der Waals surface area contributed by atoms with Crippen LogP contribution in [0.3, 0.4) is 0 Å². The van der Waals surface area contributed by atoms with E-state index in [1.54, 1.807) is 24.3 Å². The van der Waals surface area contributed by atoms with Gasteiger partial charge in [0.25, 0.3) is 5.91 Å². The van der Waals surface area contributed by atoms with Gasteiger partial charge in [-0.3, -0.25) is 4.79 Å². The number of hydrogen-bond acceptors (Lipinski definition) is 4. The molecule has 116 valence electrons. The van der Waals surface area contributed by atoms with Crippen LogP contribution in [0.1, 0.15) is 29.8 Å². The van der Waals surface area contributed by atoms with Crippen LogP contribution in [-0.2, 0) is 0 Å². The number of carbonyl (C=O) groups is 1. The van der Waals surface area contributed by atoms with Crippen molar-refractivity contribution in [1.29, 1.82) is 0 Å². The van der Waals surface area contributed by atoms with E-state index in [9.17, 15) is 9.90 Å². The van der Waals surface area contributed by atoms with Gasteiger partial charge in [0.2, 0.25) is 0 Å². The Morgan fingerprint density at radius 2 is 2.00 bits per heavy atom. The van der Waals surface area contributed by atoms with E-state index < -0.39 is 5.91 Å². The van der Waals surface area contributed by atoms with Crippen LogP contribution in [0.4, 0.5) is 0 Å². The van der Waals surface area contributed by atoms with Crippen LogP contribution in [0.25, 0.3) is 11.3 Å². The summed E-state index contributed by atoms with van der Waals surface area (Å²) in [5.41, 5.74) is 0.741. The Kier molecular flexibility index (Phi) is 4.38. The fourth-order valence-corrected chi connectivity index (χ4v) is 2.93. The normalized spacial score (nSPS) is 21.0. The maximum atomic E-state index is 12.2. The van der Waals surface area contributed by atoms with E-state index in [1.807, 2.05) is 0 Å². The lowest BCUT2D eigenvalue weighted by Crippen LogP contribution is -2.33. The molecular weight excluding hydrogens is 327 g/mol. The molecule has 0 aliphatic heterocycles. The summed E-state index contributed by atoms with van der Waals surface area (Å²) in [7, 11) is 0. The first kappa shape index (κ1) is 15.3. The molecule has 7 heteroatoms. The van der Waals surface area contributed by atoms with Crippen LogP contribution in [-0.4, -0.2) is 28.3 Å². The van der Waals surface area contributed by atoms with Gasteiger partial charge in [0.1, 0.15) is 5.02 Å². The molecule has 1 fully saturated rings. The number of nitrogens with one attached hydrogen (secondary N) is 1. The minimum atomic E-state index is -0.395. The number of nitrogens with zero attached hydrogens (tertiary/aromatic N) is 1. The lowest BCUT2D eigenvalue weighted by atomic mass is 10.1. The third-order valence-electron chi connectivity index (χ3n) is 3.70. The molecule has 1 aliphatic rings. The number of aliphatic hydroxyl groups excluding tert-OH is 1. The molecule has 1 aromatic carbocycles. The maximum absolute atomic E-state index is 12.2. The van der Waals surface area contributed by atoms with Crippen molar-refractivity contribution in [3.05, 3.63) is 40.0 Å². The fraction of sp³-hybridized carbons (Fsp3) is 0.333. The first-order valence-electron chi connectivity index (χ1n) is 6.94. The molecule has 3 rings (SSSR count). The molecule has 1 heterocycles. The SMILES string of the molecule is O=C(N[C@@H]1CC[C@H](O)C1)c1noc(-c2ccc(Cl)cc2)c1Cl. The molecule has 22 heavy (non-hydrogen) atoms. The van der Waals surface area contributed by atoms with Crippen molar-refractivity contribution >= 4 is 29.1 Å². The topological polar surface area (TPSA) is 75.4 Å². The van der Waals surface area contributed by atoms with Gasteiger partial charge in [-0.15, -0.1) is 0 Å². The molecule has 1 aliphatic carbocycles. The molecule has 1 aromatic heterocycles. The number of amides is 1. The third kappa shape index (κ3) is 3.11. The van der Waals surface area contributed by atoms with Gasteiger partial charge in [-0.05, 0) is 43.5 Å². The van der Waals surface area contributed by atoms with E-state index >= 15 is 0 Å². The summed E-state index contributed by atoms with van der Waals surface area (Å²) in [4.78, 5) is 12.2. The smallest absolute Gasteiger partial charge is 0.275 e. The quantitative estimate of drug-likeness (QED) is 0.898. The highest BCUT2D eigenvalue weighted by atomic mass is 35.5. The predicted octanol–water partition coefficient (Wildman–Crippen LogP) is 3.29. The summed E-state index contributed by atoms with van der Waals surface area (Å²) in [5, 5.41) is 16.8. The van der Waals surface area contributed by atoms with E-state index in [4.69, 9.17) is 27.7 Å². The van der Waals surface area contributed by atoms with Gasteiger partial charge in [-0.2, -0.15) is 0 Å². The predicted molar refractivity (Wildman–Crippen MR) is 83.1 cm³/mol. The largest absolute Gasteiger partial charge is 0.393 e. The summed E-state index contributed by atoms with van der Waals surface area (Å²) in [5.74, 6) is -0.0667. The Balaban J connectivity index is 1.78. The fourth-order valence-electron chi connectivity index (χ4n) is 2.54. The number of aromatic nitrogens is 1. The standard InChI is InChI=1S/C15H14Cl2N2O3/c16-9-3-1-8(2-4-9)14-12(17)13(19-22-14)15(21)18-10-5-6-11(20)7-10/h1-4,10-11,20H,5-7H2,(H,18,21)/t10-,11+/m1/s1. The van der Waals surface area contributed by atoms with Gasteiger partial charge in [0.05, 0.1) is 6.10 Å². The molecular formula is C15H14Cl2N2O3. The van der Waals surface area contributed by atoms with Crippen molar-refractivity contribution in [3.8, 4) is 11.3 Å². The van der Waals surface area contributed by atoms with E-state index in [1.165, 1.54) is 0 Å². The van der Waals surface area contributed by atoms with E-state index in [2.05, 4.69) is 10.5 Å². The van der Waals surface area contributed by atoms with Crippen molar-refractivity contribution in [2.75, 3.05) is 0 Å². The summed E-state index contributed by atoms with van der Waals surface area (Å²) in [6.45, 7) is 0. The monoisotopic (exact) mass is 340 g/mol. The van der Waals surface area contributed by atoms with E-state index in [0.29, 0.717) is 29.2 Å². The van der Waals surface area contributed by atoms with Crippen molar-refractivity contribution in [2.24, 2.45) is 0 Å². The minimum absolute atomic E-state index is 0.0491. The molecule has 0 unspecified atom stereocenters. The second-order valence-corrected chi connectivity index (χ2v) is 6.13. The summed E-state index contributed by atoms with van der Waals surface area (Å²) < 4.78 is 5.19. The van der Waals surface area contributed by atoms with Gasteiger partial charge in [-0.25, -0.2) is 0 Å². The lowest BCUT2D eigenvalue weighted by Gasteiger charge is -2.10. The highest BCUT2D eigenvalue weighted by Gasteiger charge is 2.27. The highest BCUT2D eigenvalue weighted by Crippen LogP contribution is 2.31. The summed E-state index contributed by atoms with van der Waals surface area (Å²) >= 11 is 12.0. The number of hydrogen-bond donors (Lipinski definition) is 2. The molecule has 1 amide bonds. The number of aliphatic hydroxyl groups is 1. The zero-order valence-electron chi connectivity index (χ0n) is 11.6. The molecule has 2 N–H and O–H groups in total. The molecule has 0 radical (unpaired) electrons. The van der Waals surface area contributed by atoms with Gasteiger partial charge in [0.15, 0.2) is 11.5 Å². The second kappa shape index (κ2) is 6.28. The molecule has 0 saturated heterocycles. The number of halogens is 2. The number of benzene rings is 1. The van der Waals surface area contributed by atoms with Gasteiger partial charge >= 0.3 is 0 Å². The second-order valence-electron chi connectivity index (χ2n) is 5.32. The highest BCUT2D eigenvalue weighted by molar-refractivity contribution is 6.35. The van der Waals surface area contributed by atoms with Crippen molar-refractivity contribution < 1.29 is 14.4 Å². The zero-order valence-corrected chi connectivity index (χ0v) is 13.1. The molecule has 2 atom stereocenters. The minimum Gasteiger partial charge on any atom is -0.393 e. The van der Waals surface area contributed by atoms with E-state index in [-0.39, 0.29) is 22.9 Å². The van der Waals surface area contributed by atoms with Crippen molar-refractivity contribution in [3.63, 3.8) is 0 Å². The number of rotatable bonds is 3. The Bertz CT molecular complexity index is 685. The first-order chi connectivity index (χ1) is 10.5. The average Bonchev–Trinajstić information content (AvgIpc) is 3.06. The Hall–Kier alpha value is -1.56. The van der Waals surface area contributed by atoms with Crippen LogP contribution in [0, 0.1) is 0 Å². The molecule has 1 saturated carbocycles. The Morgan fingerprint density at radius 1 is 1.27 bits per heavy atom. The summed E-state index contributed by atoms with van der Waals surface area (Å²) in [6, 6.07) is 6.83. The molecule has 0 bridgehead atoms.